The van der Waals surface area contributed by atoms with Crippen LogP contribution in [0.4, 0.5) is 21.3 Å². The highest BCUT2D eigenvalue weighted by Crippen LogP contribution is 2.38. The lowest BCUT2D eigenvalue weighted by molar-refractivity contribution is 0.145. The van der Waals surface area contributed by atoms with E-state index in [4.69, 9.17) is 15.1 Å². The molecule has 1 fully saturated rings. The second-order valence-corrected chi connectivity index (χ2v) is 10.7. The number of nitrogens with zero attached hydrogens (tertiary/aromatic N) is 9. The summed E-state index contributed by atoms with van der Waals surface area (Å²) in [5.74, 6) is 1.08. The number of thiazole rings is 1. The SMILES string of the molecule is CCN(c1nc(-c2ccc(F)cc2)c(C#N)s1)c1c2nc(-c3cnc(N4CCC(O)CC4)nc3)ccc2nn1CC. The highest BCUT2D eigenvalue weighted by Gasteiger charge is 2.25. The number of benzene rings is 1. The maximum Gasteiger partial charge on any atom is 0.225 e. The maximum absolute atomic E-state index is 13.5. The molecule has 0 atom stereocenters. The van der Waals surface area contributed by atoms with Crippen LogP contribution in [0.5, 0.6) is 0 Å². The van der Waals surface area contributed by atoms with Gasteiger partial charge in [-0.05, 0) is 63.1 Å². The van der Waals surface area contributed by atoms with Crippen LogP contribution in [0.3, 0.4) is 0 Å². The molecule has 0 unspecified atom stereocenters. The third-order valence-corrected chi connectivity index (χ3v) is 8.16. The zero-order chi connectivity index (χ0) is 28.5. The van der Waals surface area contributed by atoms with Gasteiger partial charge in [-0.25, -0.2) is 29.0 Å². The smallest absolute Gasteiger partial charge is 0.225 e. The van der Waals surface area contributed by atoms with E-state index >= 15 is 0 Å². The van der Waals surface area contributed by atoms with Gasteiger partial charge in [0.05, 0.1) is 11.8 Å². The molecule has 5 heterocycles. The lowest BCUT2D eigenvalue weighted by Crippen LogP contribution is -2.36. The van der Waals surface area contributed by atoms with Crippen molar-refractivity contribution in [2.24, 2.45) is 0 Å². The fourth-order valence-corrected chi connectivity index (χ4v) is 5.96. The van der Waals surface area contributed by atoms with Gasteiger partial charge in [0, 0.05) is 49.7 Å². The van der Waals surface area contributed by atoms with E-state index in [0.717, 1.165) is 35.7 Å². The minimum atomic E-state index is -0.343. The van der Waals surface area contributed by atoms with E-state index < -0.39 is 0 Å². The summed E-state index contributed by atoms with van der Waals surface area (Å²) in [6.45, 7) is 6.66. The van der Waals surface area contributed by atoms with Crippen molar-refractivity contribution in [3.05, 3.63) is 59.5 Å². The summed E-state index contributed by atoms with van der Waals surface area (Å²) in [4.78, 5) is 23.5. The molecule has 208 valence electrons. The molecule has 0 radical (unpaired) electrons. The Morgan fingerprint density at radius 2 is 1.78 bits per heavy atom. The van der Waals surface area contributed by atoms with Gasteiger partial charge >= 0.3 is 0 Å². The molecule has 0 amide bonds. The van der Waals surface area contributed by atoms with Crippen LogP contribution in [0.15, 0.2) is 48.8 Å². The van der Waals surface area contributed by atoms with Crippen molar-refractivity contribution < 1.29 is 9.50 Å². The second kappa shape index (κ2) is 11.2. The lowest BCUT2D eigenvalue weighted by Gasteiger charge is -2.29. The first-order valence-electron chi connectivity index (χ1n) is 13.6. The van der Waals surface area contributed by atoms with Crippen LogP contribution in [0.1, 0.15) is 31.6 Å². The Hall–Kier alpha value is -4.47. The summed E-state index contributed by atoms with van der Waals surface area (Å²) in [7, 11) is 0. The Morgan fingerprint density at radius 1 is 1.05 bits per heavy atom. The van der Waals surface area contributed by atoms with Gasteiger partial charge in [0.25, 0.3) is 0 Å². The first-order chi connectivity index (χ1) is 20.0. The summed E-state index contributed by atoms with van der Waals surface area (Å²) < 4.78 is 15.4. The highest BCUT2D eigenvalue weighted by atomic mass is 32.1. The minimum Gasteiger partial charge on any atom is -0.393 e. The first kappa shape index (κ1) is 26.7. The van der Waals surface area contributed by atoms with Crippen molar-refractivity contribution in [1.29, 1.82) is 5.26 Å². The molecule has 0 bridgehead atoms. The van der Waals surface area contributed by atoms with Crippen molar-refractivity contribution >= 4 is 39.3 Å². The van der Waals surface area contributed by atoms with E-state index in [2.05, 4.69) is 20.9 Å². The van der Waals surface area contributed by atoms with Crippen LogP contribution in [0, 0.1) is 17.1 Å². The summed E-state index contributed by atoms with van der Waals surface area (Å²) in [5.41, 5.74) is 4.15. The monoisotopic (exact) mass is 569 g/mol. The normalized spacial score (nSPS) is 14.0. The van der Waals surface area contributed by atoms with Gasteiger partial charge in [-0.15, -0.1) is 0 Å². The summed E-state index contributed by atoms with van der Waals surface area (Å²) in [5, 5.41) is 25.1. The Morgan fingerprint density at radius 3 is 2.44 bits per heavy atom. The number of hydrogen-bond donors (Lipinski definition) is 1. The Balaban J connectivity index is 1.38. The van der Waals surface area contributed by atoms with Crippen LogP contribution in [-0.4, -0.2) is 60.6 Å². The molecule has 12 heteroatoms. The Bertz CT molecular complexity index is 1720. The summed E-state index contributed by atoms with van der Waals surface area (Å²) in [6, 6.07) is 12.1. The molecular weight excluding hydrogens is 541 g/mol. The van der Waals surface area contributed by atoms with Gasteiger partial charge in [0.1, 0.15) is 33.5 Å². The molecule has 0 saturated carbocycles. The lowest BCUT2D eigenvalue weighted by atomic mass is 10.1. The van der Waals surface area contributed by atoms with E-state index in [-0.39, 0.29) is 11.9 Å². The number of aryl methyl sites for hydroxylation is 1. The largest absolute Gasteiger partial charge is 0.393 e. The molecule has 0 spiro atoms. The van der Waals surface area contributed by atoms with E-state index in [0.29, 0.717) is 58.7 Å². The molecule has 0 aliphatic carbocycles. The molecule has 1 saturated heterocycles. The third-order valence-electron chi connectivity index (χ3n) is 7.18. The number of hydrogen-bond acceptors (Lipinski definition) is 10. The number of nitriles is 1. The van der Waals surface area contributed by atoms with Gasteiger partial charge in [-0.2, -0.15) is 10.4 Å². The standard InChI is InChI=1S/C29H28FN9OS/c1-3-38(29-35-25(24(15-31)41-29)18-5-7-20(30)8-6-18)27-26-23(36-39(27)4-2)10-9-22(34-26)19-16-32-28(33-17-19)37-13-11-21(40)12-14-37/h5-10,16-17,21,40H,3-4,11-14H2,1-2H3. The Labute approximate surface area is 240 Å². The summed E-state index contributed by atoms with van der Waals surface area (Å²) >= 11 is 1.28. The van der Waals surface area contributed by atoms with E-state index in [1.165, 1.54) is 23.5 Å². The zero-order valence-electron chi connectivity index (χ0n) is 22.7. The molecule has 1 aliphatic heterocycles. The topological polar surface area (TPSA) is 120 Å². The number of fused-ring (bicyclic) bond motifs is 1. The average molecular weight is 570 g/mol. The predicted molar refractivity (Wildman–Crippen MR) is 157 cm³/mol. The number of aliphatic hydroxyl groups is 1. The van der Waals surface area contributed by atoms with Crippen LogP contribution in [0.25, 0.3) is 33.5 Å². The number of rotatable bonds is 7. The molecule has 4 aromatic heterocycles. The molecule has 1 N–H and O–H groups in total. The number of anilines is 3. The highest BCUT2D eigenvalue weighted by molar-refractivity contribution is 7.16. The van der Waals surface area contributed by atoms with Crippen molar-refractivity contribution in [3.63, 3.8) is 0 Å². The number of pyridine rings is 1. The van der Waals surface area contributed by atoms with Gasteiger partial charge in [0.2, 0.25) is 5.95 Å². The van der Waals surface area contributed by atoms with Gasteiger partial charge in [-0.1, -0.05) is 11.3 Å². The van der Waals surface area contributed by atoms with Gasteiger partial charge in [-0.3, -0.25) is 0 Å². The van der Waals surface area contributed by atoms with Crippen molar-refractivity contribution in [2.75, 3.05) is 29.4 Å². The number of halogens is 1. The quantitative estimate of drug-likeness (QED) is 0.283. The minimum absolute atomic E-state index is 0.257. The molecule has 10 nitrogen and oxygen atoms in total. The van der Waals surface area contributed by atoms with Crippen LogP contribution < -0.4 is 9.80 Å². The number of aliphatic hydroxyl groups excluding tert-OH is 1. The molecule has 1 aliphatic rings. The fourth-order valence-electron chi connectivity index (χ4n) is 5.01. The second-order valence-electron chi connectivity index (χ2n) is 9.73. The Kier molecular flexibility index (Phi) is 7.30. The maximum atomic E-state index is 13.5. The molecule has 41 heavy (non-hydrogen) atoms. The van der Waals surface area contributed by atoms with Gasteiger partial charge in [0.15, 0.2) is 10.9 Å². The summed E-state index contributed by atoms with van der Waals surface area (Å²) in [6.07, 6.45) is 4.72. The third kappa shape index (κ3) is 5.10. The van der Waals surface area contributed by atoms with Gasteiger partial charge < -0.3 is 14.9 Å². The van der Waals surface area contributed by atoms with Crippen LogP contribution in [-0.2, 0) is 6.54 Å². The van der Waals surface area contributed by atoms with Crippen LogP contribution in [0.2, 0.25) is 0 Å². The predicted octanol–water partition coefficient (Wildman–Crippen LogP) is 5.16. The van der Waals surface area contributed by atoms with E-state index in [1.54, 1.807) is 24.5 Å². The van der Waals surface area contributed by atoms with Crippen molar-refractivity contribution in [3.8, 4) is 28.6 Å². The molecule has 1 aromatic carbocycles. The van der Waals surface area contributed by atoms with E-state index in [9.17, 15) is 14.8 Å². The average Bonchev–Trinajstić information content (AvgIpc) is 3.60. The molecular formula is C29H28FN9OS. The molecule has 6 rings (SSSR count). The van der Waals surface area contributed by atoms with Crippen molar-refractivity contribution in [1.82, 2.24) is 29.7 Å². The molecule has 5 aromatic rings. The van der Waals surface area contributed by atoms with Crippen LogP contribution >= 0.6 is 11.3 Å². The zero-order valence-corrected chi connectivity index (χ0v) is 23.5. The fraction of sp³-hybridized carbons (Fsp3) is 0.310. The van der Waals surface area contributed by atoms with Crippen molar-refractivity contribution in [2.45, 2.75) is 39.3 Å². The first-order valence-corrected chi connectivity index (χ1v) is 14.4. The number of aromatic nitrogens is 6. The number of piperidine rings is 1. The van der Waals surface area contributed by atoms with E-state index in [1.807, 2.05) is 35.6 Å².